The minimum absolute atomic E-state index is 0.0260. The summed E-state index contributed by atoms with van der Waals surface area (Å²) in [6.45, 7) is 0. The van der Waals surface area contributed by atoms with E-state index in [-0.39, 0.29) is 45.4 Å². The Morgan fingerprint density at radius 3 is 0.986 bits per heavy atom. The maximum absolute atomic E-state index is 17.1. The SMILES string of the molecule is Fc1c(F)c(F)c(-c2ccc(-n3c4cc(-c5ncccn5)ccc4c4ccc(-c5ncccn5)cc43)c(C(F)(F)F)c2-n2c3cc(-c4ncccn4)ccc3c3ccc(-c4ncccn4)cc32)c(F)c1F. The summed E-state index contributed by atoms with van der Waals surface area (Å²) in [6, 6.07) is 27.9. The minimum atomic E-state index is -5.46. The Hall–Kier alpha value is -9.32. The molecule has 6 heterocycles. The zero-order valence-electron chi connectivity index (χ0n) is 36.0. The summed E-state index contributed by atoms with van der Waals surface area (Å²) in [5, 5.41) is 1.66. The van der Waals surface area contributed by atoms with Crippen LogP contribution in [0.3, 0.4) is 0 Å². The van der Waals surface area contributed by atoms with Crippen LogP contribution >= 0.6 is 0 Å². The van der Waals surface area contributed by atoms with E-state index in [4.69, 9.17) is 0 Å². The predicted octanol–water partition coefficient (Wildman–Crippen LogP) is 13.1. The monoisotopic (exact) mass is 954 g/mol. The van der Waals surface area contributed by atoms with Gasteiger partial charge < -0.3 is 9.13 Å². The Kier molecular flexibility index (Phi) is 9.95. The largest absolute Gasteiger partial charge is 0.420 e. The fraction of sp³-hybridized carbons (Fsp3) is 0.0189. The molecule has 71 heavy (non-hydrogen) atoms. The van der Waals surface area contributed by atoms with Crippen LogP contribution in [0.2, 0.25) is 0 Å². The molecule has 0 saturated heterocycles. The molecule has 0 bridgehead atoms. The van der Waals surface area contributed by atoms with Crippen LogP contribution in [-0.2, 0) is 6.18 Å². The number of halogens is 8. The molecule has 0 aliphatic rings. The molecule has 6 aromatic heterocycles. The summed E-state index contributed by atoms with van der Waals surface area (Å²) in [7, 11) is 0. The van der Waals surface area contributed by atoms with Gasteiger partial charge in [0.15, 0.2) is 46.6 Å². The number of nitrogens with zero attached hydrogens (tertiary/aromatic N) is 10. The Bertz CT molecular complexity index is 3870. The van der Waals surface area contributed by atoms with E-state index in [1.54, 1.807) is 84.9 Å². The average Bonchev–Trinajstić information content (AvgIpc) is 3.91. The van der Waals surface area contributed by atoms with E-state index < -0.39 is 63.3 Å². The normalized spacial score (nSPS) is 11.9. The molecule has 0 amide bonds. The lowest BCUT2D eigenvalue weighted by Crippen LogP contribution is -2.17. The van der Waals surface area contributed by atoms with Crippen LogP contribution in [0.5, 0.6) is 0 Å². The van der Waals surface area contributed by atoms with Gasteiger partial charge in [0.05, 0.1) is 39.0 Å². The van der Waals surface area contributed by atoms with Crippen LogP contribution in [0.15, 0.2) is 159 Å². The smallest absolute Gasteiger partial charge is 0.309 e. The molecule has 6 aromatic carbocycles. The highest BCUT2D eigenvalue weighted by molar-refractivity contribution is 6.13. The second-order valence-electron chi connectivity index (χ2n) is 16.2. The van der Waals surface area contributed by atoms with E-state index in [1.807, 2.05) is 0 Å². The Morgan fingerprint density at radius 2 is 0.662 bits per heavy atom. The number of hydrogen-bond donors (Lipinski definition) is 0. The number of benzene rings is 6. The van der Waals surface area contributed by atoms with Crippen molar-refractivity contribution >= 4 is 43.6 Å². The maximum Gasteiger partial charge on any atom is 0.420 e. The topological polar surface area (TPSA) is 113 Å². The van der Waals surface area contributed by atoms with Gasteiger partial charge in [0.2, 0.25) is 5.82 Å². The fourth-order valence-corrected chi connectivity index (χ4v) is 9.21. The number of rotatable bonds is 7. The molecule has 0 radical (unpaired) electrons. The molecule has 344 valence electrons. The Morgan fingerprint density at radius 1 is 0.352 bits per heavy atom. The van der Waals surface area contributed by atoms with E-state index in [2.05, 4.69) is 39.9 Å². The molecule has 12 rings (SSSR count). The van der Waals surface area contributed by atoms with E-state index in [1.165, 1.54) is 66.3 Å². The predicted molar refractivity (Wildman–Crippen MR) is 249 cm³/mol. The van der Waals surface area contributed by atoms with Crippen LogP contribution in [0.1, 0.15) is 5.56 Å². The highest BCUT2D eigenvalue weighted by Gasteiger charge is 2.42. The van der Waals surface area contributed by atoms with Crippen LogP contribution in [0, 0.1) is 29.1 Å². The molecule has 18 heteroatoms. The van der Waals surface area contributed by atoms with Gasteiger partial charge in [-0.2, -0.15) is 13.2 Å². The lowest BCUT2D eigenvalue weighted by Gasteiger charge is -2.25. The number of hydrogen-bond acceptors (Lipinski definition) is 8. The molecular formula is C53H26F8N10. The van der Waals surface area contributed by atoms with Gasteiger partial charge in [-0.3, -0.25) is 0 Å². The van der Waals surface area contributed by atoms with Gasteiger partial charge in [-0.05, 0) is 60.7 Å². The van der Waals surface area contributed by atoms with Crippen molar-refractivity contribution in [3.05, 3.63) is 193 Å². The van der Waals surface area contributed by atoms with Gasteiger partial charge >= 0.3 is 6.18 Å². The molecule has 0 N–H and O–H groups in total. The van der Waals surface area contributed by atoms with Gasteiger partial charge in [-0.1, -0.05) is 48.5 Å². The third-order valence-electron chi connectivity index (χ3n) is 12.2. The second-order valence-corrected chi connectivity index (χ2v) is 16.2. The van der Waals surface area contributed by atoms with Crippen molar-refractivity contribution in [2.75, 3.05) is 0 Å². The van der Waals surface area contributed by atoms with E-state index in [9.17, 15) is 4.39 Å². The molecule has 0 saturated carbocycles. The molecule has 12 aromatic rings. The van der Waals surface area contributed by atoms with Crippen LogP contribution in [0.25, 0.3) is 112 Å². The molecule has 0 aliphatic heterocycles. The summed E-state index contributed by atoms with van der Waals surface area (Å²) in [4.78, 5) is 34.9. The molecule has 0 fully saturated rings. The van der Waals surface area contributed by atoms with Crippen molar-refractivity contribution in [2.45, 2.75) is 6.18 Å². The molecular weight excluding hydrogens is 929 g/mol. The second kappa shape index (κ2) is 16.4. The first-order valence-electron chi connectivity index (χ1n) is 21.5. The molecule has 0 unspecified atom stereocenters. The highest BCUT2D eigenvalue weighted by Crippen LogP contribution is 2.50. The van der Waals surface area contributed by atoms with Crippen LogP contribution < -0.4 is 0 Å². The quantitative estimate of drug-likeness (QED) is 0.0882. The lowest BCUT2D eigenvalue weighted by molar-refractivity contribution is -0.137. The standard InChI is InChI=1S/C53H26F8N10/c54-43-41(44(55)46(57)47(58)45(43)56)35-13-14-36(70-37-23-27(49-62-15-1-16-63-49)5-9-31(37)32-10-6-28(24-38(32)70)50-64-17-2-18-65-50)42(53(59,60)61)48(35)71-39-25-29(51-66-19-3-20-67-51)7-11-33(39)34-12-8-30(26-40(34)71)52-68-21-4-22-69-52/h1-26H. The fourth-order valence-electron chi connectivity index (χ4n) is 9.21. The third-order valence-corrected chi connectivity index (χ3v) is 12.2. The minimum Gasteiger partial charge on any atom is -0.309 e. The van der Waals surface area contributed by atoms with Crippen molar-refractivity contribution in [3.8, 4) is 68.1 Å². The maximum atomic E-state index is 17.1. The summed E-state index contributed by atoms with van der Waals surface area (Å²) in [5.74, 6) is -11.0. The number of aromatic nitrogens is 10. The molecule has 10 nitrogen and oxygen atoms in total. The van der Waals surface area contributed by atoms with Crippen molar-refractivity contribution in [2.24, 2.45) is 0 Å². The highest BCUT2D eigenvalue weighted by atomic mass is 19.4. The first-order valence-corrected chi connectivity index (χ1v) is 21.5. The molecule has 0 atom stereocenters. The van der Waals surface area contributed by atoms with Crippen LogP contribution in [-0.4, -0.2) is 49.0 Å². The van der Waals surface area contributed by atoms with Gasteiger partial charge in [0, 0.05) is 98.9 Å². The van der Waals surface area contributed by atoms with Crippen molar-refractivity contribution in [1.82, 2.24) is 49.0 Å². The van der Waals surface area contributed by atoms with Crippen molar-refractivity contribution in [1.29, 1.82) is 0 Å². The van der Waals surface area contributed by atoms with Gasteiger partial charge in [0.1, 0.15) is 5.56 Å². The van der Waals surface area contributed by atoms with Crippen molar-refractivity contribution in [3.63, 3.8) is 0 Å². The molecule has 0 aliphatic carbocycles. The first-order chi connectivity index (χ1) is 34.5. The van der Waals surface area contributed by atoms with E-state index in [0.717, 1.165) is 16.7 Å². The number of fused-ring (bicyclic) bond motifs is 6. The van der Waals surface area contributed by atoms with Gasteiger partial charge in [0.25, 0.3) is 0 Å². The molecule has 0 spiro atoms. The third kappa shape index (κ3) is 6.93. The van der Waals surface area contributed by atoms with E-state index in [0.29, 0.717) is 43.8 Å². The van der Waals surface area contributed by atoms with Crippen molar-refractivity contribution < 1.29 is 35.1 Å². The van der Waals surface area contributed by atoms with Crippen LogP contribution in [0.4, 0.5) is 35.1 Å². The summed E-state index contributed by atoms with van der Waals surface area (Å²) >= 11 is 0. The van der Waals surface area contributed by atoms with E-state index >= 15 is 30.7 Å². The lowest BCUT2D eigenvalue weighted by atomic mass is 9.95. The summed E-state index contributed by atoms with van der Waals surface area (Å²) in [6.07, 6.45) is 6.46. The van der Waals surface area contributed by atoms with Gasteiger partial charge in [-0.15, -0.1) is 0 Å². The van der Waals surface area contributed by atoms with Gasteiger partial charge in [-0.25, -0.2) is 61.8 Å². The Balaban J connectivity index is 1.30. The average molecular weight is 955 g/mol. The zero-order valence-corrected chi connectivity index (χ0v) is 36.0. The first kappa shape index (κ1) is 43.0. The Labute approximate surface area is 394 Å². The zero-order chi connectivity index (χ0) is 48.7. The number of alkyl halides is 3. The summed E-state index contributed by atoms with van der Waals surface area (Å²) < 4.78 is 132. The summed E-state index contributed by atoms with van der Waals surface area (Å²) in [5.41, 5.74) is -3.67.